The van der Waals surface area contributed by atoms with E-state index in [4.69, 9.17) is 5.26 Å². The molecule has 122 valence electrons. The van der Waals surface area contributed by atoms with Gasteiger partial charge >= 0.3 is 0 Å². The predicted molar refractivity (Wildman–Crippen MR) is 96.6 cm³/mol. The van der Waals surface area contributed by atoms with Crippen LogP contribution in [0.15, 0.2) is 67.3 Å². The first-order chi connectivity index (χ1) is 12.3. The van der Waals surface area contributed by atoms with Gasteiger partial charge < -0.3 is 0 Å². The molecule has 0 atom stereocenters. The van der Waals surface area contributed by atoms with E-state index in [2.05, 4.69) is 45.2 Å². The average Bonchev–Trinajstić information content (AvgIpc) is 2.65. The lowest BCUT2D eigenvalue weighted by Crippen LogP contribution is -2.44. The summed E-state index contributed by atoms with van der Waals surface area (Å²) in [7, 11) is 0. The largest absolute Gasteiger partial charge is 0.298 e. The Labute approximate surface area is 147 Å². The van der Waals surface area contributed by atoms with Crippen molar-refractivity contribution in [2.75, 3.05) is 13.1 Å². The molecule has 4 nitrogen and oxygen atoms in total. The summed E-state index contributed by atoms with van der Waals surface area (Å²) in [5, 5.41) is 8.88. The Balaban J connectivity index is 1.39. The number of hydrogen-bond donors (Lipinski definition) is 0. The lowest BCUT2D eigenvalue weighted by atomic mass is 9.90. The standard InChI is InChI=1S/C21H18N4/c22-9-16-3-5-18(6-4-16)21-14-25(15-21)13-17-8-20(12-24-10-17)19-2-1-7-23-11-19/h1-8,10-12,21H,13-15H2. The van der Waals surface area contributed by atoms with Crippen LogP contribution in [0.4, 0.5) is 0 Å². The first-order valence-corrected chi connectivity index (χ1v) is 8.38. The van der Waals surface area contributed by atoms with Crippen LogP contribution in [0.2, 0.25) is 0 Å². The van der Waals surface area contributed by atoms with Gasteiger partial charge in [-0.25, -0.2) is 0 Å². The molecule has 1 aliphatic heterocycles. The summed E-state index contributed by atoms with van der Waals surface area (Å²) in [6.07, 6.45) is 7.47. The van der Waals surface area contributed by atoms with Crippen LogP contribution in [0.5, 0.6) is 0 Å². The van der Waals surface area contributed by atoms with Crippen LogP contribution in [0, 0.1) is 11.3 Å². The number of nitriles is 1. The molecule has 1 fully saturated rings. The predicted octanol–water partition coefficient (Wildman–Crippen LogP) is 3.61. The Hall–Kier alpha value is -3.03. The number of pyridine rings is 2. The van der Waals surface area contributed by atoms with E-state index in [1.54, 1.807) is 6.20 Å². The van der Waals surface area contributed by atoms with Gasteiger partial charge in [0.05, 0.1) is 11.6 Å². The molecule has 2 aromatic heterocycles. The topological polar surface area (TPSA) is 52.8 Å². The zero-order valence-electron chi connectivity index (χ0n) is 13.8. The monoisotopic (exact) mass is 326 g/mol. The molecule has 4 rings (SSSR count). The molecule has 0 radical (unpaired) electrons. The van der Waals surface area contributed by atoms with Gasteiger partial charge in [-0.3, -0.25) is 14.9 Å². The van der Waals surface area contributed by atoms with Gasteiger partial charge in [-0.2, -0.15) is 5.26 Å². The van der Waals surface area contributed by atoms with E-state index in [9.17, 15) is 0 Å². The van der Waals surface area contributed by atoms with Crippen molar-refractivity contribution in [3.8, 4) is 17.2 Å². The smallest absolute Gasteiger partial charge is 0.0991 e. The molecule has 3 heterocycles. The normalized spacial score (nSPS) is 14.7. The zero-order chi connectivity index (χ0) is 17.1. The van der Waals surface area contributed by atoms with Crippen molar-refractivity contribution in [1.29, 1.82) is 5.26 Å². The van der Waals surface area contributed by atoms with Crippen LogP contribution >= 0.6 is 0 Å². The molecule has 0 unspecified atom stereocenters. The van der Waals surface area contributed by atoms with Crippen molar-refractivity contribution in [2.24, 2.45) is 0 Å². The second-order valence-corrected chi connectivity index (χ2v) is 6.45. The lowest BCUT2D eigenvalue weighted by Gasteiger charge is -2.39. The summed E-state index contributed by atoms with van der Waals surface area (Å²) in [5.74, 6) is 0.558. The van der Waals surface area contributed by atoms with Crippen LogP contribution < -0.4 is 0 Å². The Bertz CT molecular complexity index is 891. The highest BCUT2D eigenvalue weighted by Gasteiger charge is 2.27. The molecule has 1 saturated heterocycles. The Morgan fingerprint density at radius 2 is 1.80 bits per heavy atom. The van der Waals surface area contributed by atoms with E-state index in [1.807, 2.05) is 36.8 Å². The molecule has 0 N–H and O–H groups in total. The first kappa shape index (κ1) is 15.5. The van der Waals surface area contributed by atoms with Gasteiger partial charge in [-0.15, -0.1) is 0 Å². The average molecular weight is 326 g/mol. The maximum absolute atomic E-state index is 8.88. The number of aromatic nitrogens is 2. The fourth-order valence-corrected chi connectivity index (χ4v) is 3.26. The van der Waals surface area contributed by atoms with Crippen molar-refractivity contribution in [1.82, 2.24) is 14.9 Å². The van der Waals surface area contributed by atoms with Gasteiger partial charge in [0.1, 0.15) is 0 Å². The van der Waals surface area contributed by atoms with Crippen molar-refractivity contribution in [3.05, 3.63) is 83.9 Å². The molecular weight excluding hydrogens is 308 g/mol. The van der Waals surface area contributed by atoms with Crippen molar-refractivity contribution < 1.29 is 0 Å². The second kappa shape index (κ2) is 6.84. The van der Waals surface area contributed by atoms with Crippen LogP contribution in [0.25, 0.3) is 11.1 Å². The van der Waals surface area contributed by atoms with E-state index in [0.29, 0.717) is 5.92 Å². The minimum atomic E-state index is 0.558. The SMILES string of the molecule is N#Cc1ccc(C2CN(Cc3cncc(-c4cccnc4)c3)C2)cc1. The molecule has 4 heteroatoms. The van der Waals surface area contributed by atoms with Gasteiger partial charge in [-0.1, -0.05) is 18.2 Å². The molecule has 0 bridgehead atoms. The molecule has 0 spiro atoms. The number of rotatable bonds is 4. The second-order valence-electron chi connectivity index (χ2n) is 6.45. The molecule has 0 amide bonds. The van der Waals surface area contributed by atoms with Crippen LogP contribution in [-0.2, 0) is 6.54 Å². The van der Waals surface area contributed by atoms with E-state index in [0.717, 1.165) is 36.3 Å². The van der Waals surface area contributed by atoms with Gasteiger partial charge in [0.25, 0.3) is 0 Å². The summed E-state index contributed by atoms with van der Waals surface area (Å²) < 4.78 is 0. The first-order valence-electron chi connectivity index (χ1n) is 8.38. The molecule has 0 aliphatic carbocycles. The van der Waals surface area contributed by atoms with Crippen LogP contribution in [0.3, 0.4) is 0 Å². The minimum absolute atomic E-state index is 0.558. The van der Waals surface area contributed by atoms with Gasteiger partial charge in [0.15, 0.2) is 0 Å². The van der Waals surface area contributed by atoms with Gasteiger partial charge in [-0.05, 0) is 35.4 Å². The molecule has 0 saturated carbocycles. The van der Waals surface area contributed by atoms with Crippen LogP contribution in [-0.4, -0.2) is 28.0 Å². The third-order valence-electron chi connectivity index (χ3n) is 4.66. The molecule has 3 aromatic rings. The summed E-state index contributed by atoms with van der Waals surface area (Å²) in [6.45, 7) is 3.00. The van der Waals surface area contributed by atoms with Crippen molar-refractivity contribution >= 4 is 0 Å². The van der Waals surface area contributed by atoms with E-state index in [1.165, 1.54) is 11.1 Å². The van der Waals surface area contributed by atoms with Crippen molar-refractivity contribution in [3.63, 3.8) is 0 Å². The summed E-state index contributed by atoms with van der Waals surface area (Å²) in [4.78, 5) is 11.0. The highest BCUT2D eigenvalue weighted by Crippen LogP contribution is 2.29. The Morgan fingerprint density at radius 3 is 2.52 bits per heavy atom. The Morgan fingerprint density at radius 1 is 1.00 bits per heavy atom. The third-order valence-corrected chi connectivity index (χ3v) is 4.66. The fourth-order valence-electron chi connectivity index (χ4n) is 3.26. The number of benzene rings is 1. The molecule has 25 heavy (non-hydrogen) atoms. The van der Waals surface area contributed by atoms with E-state index >= 15 is 0 Å². The van der Waals surface area contributed by atoms with Gasteiger partial charge in [0.2, 0.25) is 0 Å². The van der Waals surface area contributed by atoms with Crippen LogP contribution in [0.1, 0.15) is 22.6 Å². The number of hydrogen-bond acceptors (Lipinski definition) is 4. The zero-order valence-corrected chi connectivity index (χ0v) is 13.8. The lowest BCUT2D eigenvalue weighted by molar-refractivity contribution is 0.139. The van der Waals surface area contributed by atoms with Crippen molar-refractivity contribution in [2.45, 2.75) is 12.5 Å². The van der Waals surface area contributed by atoms with E-state index < -0.39 is 0 Å². The maximum Gasteiger partial charge on any atom is 0.0991 e. The van der Waals surface area contributed by atoms with Gasteiger partial charge in [0, 0.05) is 61.5 Å². The highest BCUT2D eigenvalue weighted by atomic mass is 15.2. The fraction of sp³-hybridized carbons (Fsp3) is 0.190. The molecular formula is C21H18N4. The quantitative estimate of drug-likeness (QED) is 0.735. The van der Waals surface area contributed by atoms with E-state index in [-0.39, 0.29) is 0 Å². The number of likely N-dealkylation sites (tertiary alicyclic amines) is 1. The molecule has 1 aliphatic rings. The summed E-state index contributed by atoms with van der Waals surface area (Å²) >= 11 is 0. The molecule has 1 aromatic carbocycles. The minimum Gasteiger partial charge on any atom is -0.298 e. The summed E-state index contributed by atoms with van der Waals surface area (Å²) in [5.41, 5.74) is 5.46. The third kappa shape index (κ3) is 3.42. The number of nitrogens with zero attached hydrogens (tertiary/aromatic N) is 4. The highest BCUT2D eigenvalue weighted by molar-refractivity contribution is 5.61. The Kier molecular flexibility index (Phi) is 4.24. The summed E-state index contributed by atoms with van der Waals surface area (Å²) in [6, 6.07) is 16.3. The maximum atomic E-state index is 8.88.